The molecule has 0 aliphatic carbocycles. The third kappa shape index (κ3) is 2.39. The van der Waals surface area contributed by atoms with Crippen molar-refractivity contribution < 1.29 is 14.9 Å². The number of hydrogen-bond donors (Lipinski definition) is 2. The van der Waals surface area contributed by atoms with Gasteiger partial charge < -0.3 is 14.9 Å². The molecule has 0 saturated heterocycles. The van der Waals surface area contributed by atoms with Crippen molar-refractivity contribution in [1.29, 1.82) is 0 Å². The van der Waals surface area contributed by atoms with Crippen molar-refractivity contribution in [3.8, 4) is 11.5 Å². The number of fused-ring (bicyclic) bond motifs is 1. The smallest absolute Gasteiger partial charge is 0.205 e. The van der Waals surface area contributed by atoms with Gasteiger partial charge in [0.25, 0.3) is 0 Å². The van der Waals surface area contributed by atoms with Gasteiger partial charge in [0.1, 0.15) is 11.5 Å². The number of phenolic OH excluding ortho intramolecular Hbond substituents is 1. The third-order valence-corrected chi connectivity index (χ3v) is 3.17. The Morgan fingerprint density at radius 1 is 1.29 bits per heavy atom. The van der Waals surface area contributed by atoms with Crippen molar-refractivity contribution in [2.45, 2.75) is 51.7 Å². The number of aryl methyl sites for hydroxylation is 1. The summed E-state index contributed by atoms with van der Waals surface area (Å²) in [5, 5.41) is 19.9. The highest BCUT2D eigenvalue weighted by atomic mass is 16.6. The molecule has 0 fully saturated rings. The molecule has 1 aliphatic rings. The summed E-state index contributed by atoms with van der Waals surface area (Å²) in [4.78, 5) is 0. The summed E-state index contributed by atoms with van der Waals surface area (Å²) in [6.07, 6.45) is 1.27. The molecule has 0 spiro atoms. The van der Waals surface area contributed by atoms with Crippen LogP contribution in [0.5, 0.6) is 11.5 Å². The monoisotopic (exact) mass is 236 g/mol. The van der Waals surface area contributed by atoms with Crippen LogP contribution < -0.4 is 4.74 Å². The molecule has 1 unspecified atom stereocenters. The van der Waals surface area contributed by atoms with Gasteiger partial charge in [0, 0.05) is 18.9 Å². The second-order valence-corrected chi connectivity index (χ2v) is 6.00. The predicted octanol–water partition coefficient (Wildman–Crippen LogP) is 2.72. The zero-order valence-corrected chi connectivity index (χ0v) is 10.9. The number of aliphatic hydroxyl groups is 1. The van der Waals surface area contributed by atoms with Crippen LogP contribution in [0.15, 0.2) is 12.1 Å². The summed E-state index contributed by atoms with van der Waals surface area (Å²) in [5.41, 5.74) is 1.65. The predicted molar refractivity (Wildman–Crippen MR) is 66.4 cm³/mol. The molecule has 0 amide bonds. The highest BCUT2D eigenvalue weighted by Crippen LogP contribution is 2.40. The van der Waals surface area contributed by atoms with E-state index < -0.39 is 5.79 Å². The summed E-state index contributed by atoms with van der Waals surface area (Å²) in [5.74, 6) is -0.107. The van der Waals surface area contributed by atoms with Crippen LogP contribution in [0.25, 0.3) is 0 Å². The first kappa shape index (κ1) is 12.2. The fraction of sp³-hybridized carbons (Fsp3) is 0.571. The Morgan fingerprint density at radius 2 is 1.94 bits per heavy atom. The molecular weight excluding hydrogens is 216 g/mol. The molecule has 3 heteroatoms. The maximum Gasteiger partial charge on any atom is 0.205 e. The average molecular weight is 236 g/mol. The molecule has 0 radical (unpaired) electrons. The minimum Gasteiger partial charge on any atom is -0.508 e. The molecule has 1 heterocycles. The van der Waals surface area contributed by atoms with Crippen LogP contribution >= 0.6 is 0 Å². The molecule has 17 heavy (non-hydrogen) atoms. The number of rotatable bonds is 0. The molecule has 1 atom stereocenters. The standard InChI is InChI=1S/C14H20O3/c1-13(2,3)10-8-12-9(7-11(10)15)5-6-14(4,16)17-12/h7-8,15-16H,5-6H2,1-4H3. The van der Waals surface area contributed by atoms with Crippen LogP contribution in [0.4, 0.5) is 0 Å². The van der Waals surface area contributed by atoms with Crippen LogP contribution in [0.2, 0.25) is 0 Å². The number of benzene rings is 1. The van der Waals surface area contributed by atoms with Gasteiger partial charge >= 0.3 is 0 Å². The first-order chi connectivity index (χ1) is 7.69. The maximum absolute atomic E-state index is 10.0. The Bertz CT molecular complexity index is 442. The van der Waals surface area contributed by atoms with Gasteiger partial charge in [-0.15, -0.1) is 0 Å². The fourth-order valence-electron chi connectivity index (χ4n) is 2.16. The molecule has 94 valence electrons. The van der Waals surface area contributed by atoms with E-state index in [1.54, 1.807) is 13.0 Å². The molecule has 3 nitrogen and oxygen atoms in total. The molecule has 0 saturated carbocycles. The lowest BCUT2D eigenvalue weighted by atomic mass is 9.84. The van der Waals surface area contributed by atoms with Crippen LogP contribution in [0.3, 0.4) is 0 Å². The quantitative estimate of drug-likeness (QED) is 0.728. The Kier molecular flexibility index (Phi) is 2.62. The summed E-state index contributed by atoms with van der Waals surface area (Å²) in [7, 11) is 0. The van der Waals surface area contributed by atoms with E-state index in [0.717, 1.165) is 17.5 Å². The molecule has 0 aromatic heterocycles. The van der Waals surface area contributed by atoms with Gasteiger partial charge in [0.2, 0.25) is 5.79 Å². The largest absolute Gasteiger partial charge is 0.508 e. The highest BCUT2D eigenvalue weighted by molar-refractivity contribution is 5.49. The van der Waals surface area contributed by atoms with E-state index >= 15 is 0 Å². The number of hydrogen-bond acceptors (Lipinski definition) is 3. The van der Waals surface area contributed by atoms with E-state index in [-0.39, 0.29) is 5.41 Å². The van der Waals surface area contributed by atoms with Gasteiger partial charge in [-0.3, -0.25) is 0 Å². The summed E-state index contributed by atoms with van der Waals surface area (Å²) in [6.45, 7) is 7.78. The van der Waals surface area contributed by atoms with Crippen molar-refractivity contribution in [2.24, 2.45) is 0 Å². The Hall–Kier alpha value is -1.22. The van der Waals surface area contributed by atoms with Gasteiger partial charge in [0.05, 0.1) is 0 Å². The van der Waals surface area contributed by atoms with Crippen LogP contribution in [-0.4, -0.2) is 16.0 Å². The van der Waals surface area contributed by atoms with Gasteiger partial charge in [-0.2, -0.15) is 0 Å². The summed E-state index contributed by atoms with van der Waals surface area (Å²) in [6, 6.07) is 3.60. The van der Waals surface area contributed by atoms with E-state index in [1.807, 2.05) is 26.8 Å². The highest BCUT2D eigenvalue weighted by Gasteiger charge is 2.30. The van der Waals surface area contributed by atoms with E-state index in [9.17, 15) is 10.2 Å². The van der Waals surface area contributed by atoms with Crippen molar-refractivity contribution in [2.75, 3.05) is 0 Å². The molecule has 1 aromatic carbocycles. The minimum atomic E-state index is -1.10. The maximum atomic E-state index is 10.0. The summed E-state index contributed by atoms with van der Waals surface area (Å²) < 4.78 is 5.55. The number of aromatic hydroxyl groups is 1. The topological polar surface area (TPSA) is 49.7 Å². The lowest BCUT2D eigenvalue weighted by molar-refractivity contribution is -0.133. The van der Waals surface area contributed by atoms with Gasteiger partial charge in [-0.05, 0) is 29.5 Å². The fourth-order valence-corrected chi connectivity index (χ4v) is 2.16. The van der Waals surface area contributed by atoms with Crippen molar-refractivity contribution >= 4 is 0 Å². The number of phenols is 1. The van der Waals surface area contributed by atoms with E-state index in [4.69, 9.17) is 4.74 Å². The average Bonchev–Trinajstić information content (AvgIpc) is 2.15. The normalized spacial score (nSPS) is 24.1. The minimum absolute atomic E-state index is 0.147. The van der Waals surface area contributed by atoms with E-state index in [2.05, 4.69) is 0 Å². The second kappa shape index (κ2) is 3.64. The van der Waals surface area contributed by atoms with Crippen LogP contribution in [-0.2, 0) is 11.8 Å². The number of ether oxygens (including phenoxy) is 1. The lowest BCUT2D eigenvalue weighted by Gasteiger charge is -2.32. The van der Waals surface area contributed by atoms with Crippen molar-refractivity contribution in [3.63, 3.8) is 0 Å². The summed E-state index contributed by atoms with van der Waals surface area (Å²) >= 11 is 0. The molecular formula is C14H20O3. The van der Waals surface area contributed by atoms with Crippen LogP contribution in [0.1, 0.15) is 45.2 Å². The lowest BCUT2D eigenvalue weighted by Crippen LogP contribution is -2.35. The van der Waals surface area contributed by atoms with Gasteiger partial charge in [0.15, 0.2) is 0 Å². The zero-order valence-electron chi connectivity index (χ0n) is 10.9. The van der Waals surface area contributed by atoms with Gasteiger partial charge in [-0.1, -0.05) is 20.8 Å². The van der Waals surface area contributed by atoms with Crippen LogP contribution in [0, 0.1) is 0 Å². The Labute approximate surface area is 102 Å². The second-order valence-electron chi connectivity index (χ2n) is 6.00. The Balaban J connectivity index is 2.48. The SMILES string of the molecule is CC1(O)CCc2cc(O)c(C(C)(C)C)cc2O1. The molecule has 2 rings (SSSR count). The molecule has 1 aromatic rings. The first-order valence-electron chi connectivity index (χ1n) is 5.97. The molecule has 0 bridgehead atoms. The third-order valence-electron chi connectivity index (χ3n) is 3.17. The van der Waals surface area contributed by atoms with E-state index in [0.29, 0.717) is 17.9 Å². The van der Waals surface area contributed by atoms with E-state index in [1.165, 1.54) is 0 Å². The first-order valence-corrected chi connectivity index (χ1v) is 5.97. The molecule has 2 N–H and O–H groups in total. The molecule has 1 aliphatic heterocycles. The van der Waals surface area contributed by atoms with Crippen molar-refractivity contribution in [3.05, 3.63) is 23.3 Å². The Morgan fingerprint density at radius 3 is 2.53 bits per heavy atom. The zero-order chi connectivity index (χ0) is 12.8. The van der Waals surface area contributed by atoms with Crippen molar-refractivity contribution in [1.82, 2.24) is 0 Å². The van der Waals surface area contributed by atoms with Gasteiger partial charge in [-0.25, -0.2) is 0 Å².